The fourth-order valence-corrected chi connectivity index (χ4v) is 2.61. The largest absolute Gasteiger partial charge is 0.304 e. The van der Waals surface area contributed by atoms with Gasteiger partial charge in [-0.25, -0.2) is 4.98 Å². The van der Waals surface area contributed by atoms with Crippen LogP contribution in [0.2, 0.25) is 0 Å². The van der Waals surface area contributed by atoms with Crippen molar-refractivity contribution in [3.63, 3.8) is 0 Å². The molecule has 2 nitrogen and oxygen atoms in total. The van der Waals surface area contributed by atoms with Gasteiger partial charge >= 0.3 is 0 Å². The van der Waals surface area contributed by atoms with Gasteiger partial charge in [0.2, 0.25) is 0 Å². The van der Waals surface area contributed by atoms with E-state index in [9.17, 15) is 0 Å². The van der Waals surface area contributed by atoms with Crippen molar-refractivity contribution in [2.24, 2.45) is 0 Å². The maximum absolute atomic E-state index is 4.32. The van der Waals surface area contributed by atoms with Gasteiger partial charge in [-0.1, -0.05) is 15.9 Å². The summed E-state index contributed by atoms with van der Waals surface area (Å²) in [5, 5.41) is 2.23. The Labute approximate surface area is 85.7 Å². The first-order valence-corrected chi connectivity index (χ1v) is 5.80. The molecule has 1 rings (SSSR count). The summed E-state index contributed by atoms with van der Waals surface area (Å²) in [5.41, 5.74) is 0. The highest BCUT2D eigenvalue weighted by atomic mass is 79.9. The molecule has 4 heteroatoms. The molecule has 1 heterocycles. The fraction of sp³-hybridized carbons (Fsp3) is 0.625. The van der Waals surface area contributed by atoms with E-state index in [0.29, 0.717) is 0 Å². The minimum atomic E-state index is 1.000. The third kappa shape index (κ3) is 3.21. The lowest BCUT2D eigenvalue weighted by molar-refractivity contribution is 0.406. The van der Waals surface area contributed by atoms with Gasteiger partial charge in [0.15, 0.2) is 0 Å². The van der Waals surface area contributed by atoms with Gasteiger partial charge in [0.1, 0.15) is 0 Å². The van der Waals surface area contributed by atoms with Crippen molar-refractivity contribution in [1.29, 1.82) is 0 Å². The smallest absolute Gasteiger partial charge is 0.0936 e. The van der Waals surface area contributed by atoms with Crippen molar-refractivity contribution in [1.82, 2.24) is 9.88 Å². The van der Waals surface area contributed by atoms with Crippen LogP contribution in [0.3, 0.4) is 0 Å². The predicted molar refractivity (Wildman–Crippen MR) is 57.0 cm³/mol. The van der Waals surface area contributed by atoms with E-state index in [1.54, 1.807) is 11.3 Å². The van der Waals surface area contributed by atoms with Crippen molar-refractivity contribution in [2.45, 2.75) is 13.0 Å². The van der Waals surface area contributed by atoms with Crippen molar-refractivity contribution >= 4 is 27.3 Å². The van der Waals surface area contributed by atoms with E-state index in [1.165, 1.54) is 9.88 Å². The lowest BCUT2D eigenvalue weighted by atomic mass is 10.5. The molecule has 0 bridgehead atoms. The standard InChI is InChI=1S/C8H13BrN2S/c1-11(2)6-7-5-10-8(12-7)3-4-9/h5H,3-4,6H2,1-2H3. The van der Waals surface area contributed by atoms with Gasteiger partial charge in [-0.2, -0.15) is 0 Å². The summed E-state index contributed by atoms with van der Waals surface area (Å²) >= 11 is 5.21. The van der Waals surface area contributed by atoms with Gasteiger partial charge in [0.05, 0.1) is 5.01 Å². The highest BCUT2D eigenvalue weighted by Gasteiger charge is 2.01. The van der Waals surface area contributed by atoms with E-state index in [4.69, 9.17) is 0 Å². The Kier molecular flexibility index (Phi) is 4.18. The molecular weight excluding hydrogens is 236 g/mol. The molecule has 0 amide bonds. The third-order valence-electron chi connectivity index (χ3n) is 1.38. The van der Waals surface area contributed by atoms with E-state index in [0.717, 1.165) is 18.3 Å². The fourth-order valence-electron chi connectivity index (χ4n) is 0.929. The summed E-state index contributed by atoms with van der Waals surface area (Å²) in [7, 11) is 4.15. The number of thiazole rings is 1. The minimum Gasteiger partial charge on any atom is -0.304 e. The SMILES string of the molecule is CN(C)Cc1cnc(CCBr)s1. The molecule has 0 atom stereocenters. The van der Waals surface area contributed by atoms with Gasteiger partial charge in [-0.3, -0.25) is 0 Å². The number of alkyl halides is 1. The lowest BCUT2D eigenvalue weighted by Crippen LogP contribution is -2.09. The van der Waals surface area contributed by atoms with E-state index in [2.05, 4.69) is 39.9 Å². The lowest BCUT2D eigenvalue weighted by Gasteiger charge is -2.05. The molecule has 0 fully saturated rings. The maximum Gasteiger partial charge on any atom is 0.0936 e. The van der Waals surface area contributed by atoms with Gasteiger partial charge < -0.3 is 4.90 Å². The van der Waals surface area contributed by atoms with Crippen LogP contribution < -0.4 is 0 Å². The molecule has 1 aromatic heterocycles. The molecule has 0 saturated carbocycles. The van der Waals surface area contributed by atoms with Gasteiger partial charge in [0, 0.05) is 29.4 Å². The average Bonchev–Trinajstić information content (AvgIpc) is 2.36. The second kappa shape index (κ2) is 4.94. The summed E-state index contributed by atoms with van der Waals surface area (Å²) in [6.45, 7) is 1.000. The number of nitrogens with zero attached hydrogens (tertiary/aromatic N) is 2. The summed E-state index contributed by atoms with van der Waals surface area (Å²) in [6.07, 6.45) is 3.01. The van der Waals surface area contributed by atoms with Gasteiger partial charge in [-0.15, -0.1) is 11.3 Å². The van der Waals surface area contributed by atoms with Crippen LogP contribution in [-0.4, -0.2) is 29.3 Å². The van der Waals surface area contributed by atoms with Crippen LogP contribution in [0.25, 0.3) is 0 Å². The Balaban J connectivity index is 2.52. The molecule has 0 aromatic carbocycles. The molecule has 0 aliphatic carbocycles. The van der Waals surface area contributed by atoms with Crippen LogP contribution in [0.5, 0.6) is 0 Å². The molecule has 12 heavy (non-hydrogen) atoms. The summed E-state index contributed by atoms with van der Waals surface area (Å²) < 4.78 is 0. The van der Waals surface area contributed by atoms with Crippen LogP contribution in [0.1, 0.15) is 9.88 Å². The molecule has 68 valence electrons. The molecule has 0 aliphatic heterocycles. The van der Waals surface area contributed by atoms with Gasteiger partial charge in [0.25, 0.3) is 0 Å². The first-order chi connectivity index (χ1) is 5.72. The van der Waals surface area contributed by atoms with E-state index in [1.807, 2.05) is 6.20 Å². The summed E-state index contributed by atoms with van der Waals surface area (Å²) in [5.74, 6) is 0. The molecule has 0 radical (unpaired) electrons. The number of aryl methyl sites for hydroxylation is 1. The number of aromatic nitrogens is 1. The van der Waals surface area contributed by atoms with Crippen LogP contribution in [0.15, 0.2) is 6.20 Å². The number of rotatable bonds is 4. The van der Waals surface area contributed by atoms with Crippen LogP contribution in [-0.2, 0) is 13.0 Å². The van der Waals surface area contributed by atoms with Crippen molar-refractivity contribution < 1.29 is 0 Å². The highest BCUT2D eigenvalue weighted by Crippen LogP contribution is 2.15. The monoisotopic (exact) mass is 248 g/mol. The van der Waals surface area contributed by atoms with E-state index >= 15 is 0 Å². The van der Waals surface area contributed by atoms with Crippen molar-refractivity contribution in [2.75, 3.05) is 19.4 Å². The zero-order valence-electron chi connectivity index (χ0n) is 7.38. The molecule has 0 N–H and O–H groups in total. The molecule has 0 spiro atoms. The summed E-state index contributed by atoms with van der Waals surface area (Å²) in [4.78, 5) is 7.82. The zero-order valence-corrected chi connectivity index (χ0v) is 9.78. The number of halogens is 1. The van der Waals surface area contributed by atoms with Gasteiger partial charge in [-0.05, 0) is 14.1 Å². The molecular formula is C8H13BrN2S. The Hall–Kier alpha value is 0.0700. The normalized spacial score (nSPS) is 11.0. The Morgan fingerprint density at radius 2 is 2.33 bits per heavy atom. The minimum absolute atomic E-state index is 1.000. The second-order valence-corrected chi connectivity index (χ2v) is 4.89. The Morgan fingerprint density at radius 3 is 2.92 bits per heavy atom. The predicted octanol–water partition coefficient (Wildman–Crippen LogP) is 2.14. The molecule has 0 saturated heterocycles. The van der Waals surface area contributed by atoms with Crippen molar-refractivity contribution in [3.05, 3.63) is 16.1 Å². The maximum atomic E-state index is 4.32. The van der Waals surface area contributed by atoms with Crippen LogP contribution >= 0.6 is 27.3 Å². The Bertz CT molecular complexity index is 235. The highest BCUT2D eigenvalue weighted by molar-refractivity contribution is 9.09. The van der Waals surface area contributed by atoms with Crippen LogP contribution in [0, 0.1) is 0 Å². The van der Waals surface area contributed by atoms with E-state index in [-0.39, 0.29) is 0 Å². The number of hydrogen-bond donors (Lipinski definition) is 0. The Morgan fingerprint density at radius 1 is 1.58 bits per heavy atom. The summed E-state index contributed by atoms with van der Waals surface area (Å²) in [6, 6.07) is 0. The topological polar surface area (TPSA) is 16.1 Å². The van der Waals surface area contributed by atoms with Crippen LogP contribution in [0.4, 0.5) is 0 Å². The first-order valence-electron chi connectivity index (χ1n) is 3.86. The van der Waals surface area contributed by atoms with E-state index < -0.39 is 0 Å². The first kappa shape index (κ1) is 10.2. The van der Waals surface area contributed by atoms with Crippen molar-refractivity contribution in [3.8, 4) is 0 Å². The third-order valence-corrected chi connectivity index (χ3v) is 2.82. The molecule has 0 aliphatic rings. The number of hydrogen-bond acceptors (Lipinski definition) is 3. The quantitative estimate of drug-likeness (QED) is 0.760. The second-order valence-electron chi connectivity index (χ2n) is 2.90. The average molecular weight is 249 g/mol. The zero-order chi connectivity index (χ0) is 8.97. The molecule has 0 unspecified atom stereocenters. The molecule has 1 aromatic rings.